The molecule has 0 saturated carbocycles. The summed E-state index contributed by atoms with van der Waals surface area (Å²) in [6.45, 7) is 1.92. The zero-order chi connectivity index (χ0) is 18.9. The molecule has 3 heterocycles. The molecule has 11 nitrogen and oxygen atoms in total. The molecule has 3 saturated heterocycles. The lowest BCUT2D eigenvalue weighted by Gasteiger charge is -2.29. The van der Waals surface area contributed by atoms with E-state index in [0.717, 1.165) is 25.9 Å². The van der Waals surface area contributed by atoms with Crippen LogP contribution in [0, 0.1) is 5.92 Å². The number of carbonyl (C=O) groups excluding carboxylic acids is 2. The number of hydrogen-bond acceptors (Lipinski definition) is 6. The number of nitrogens with two attached hydrogens (primary N) is 1. The molecule has 0 aliphatic carbocycles. The highest BCUT2D eigenvalue weighted by atomic mass is 32.3. The maximum atomic E-state index is 12.3. The third-order valence-electron chi connectivity index (χ3n) is 4.95. The first kappa shape index (κ1) is 19.0. The second-order valence-corrected chi connectivity index (χ2v) is 7.86. The van der Waals surface area contributed by atoms with E-state index in [-0.39, 0.29) is 24.2 Å². The maximum absolute atomic E-state index is 12.3. The van der Waals surface area contributed by atoms with Crippen molar-refractivity contribution < 1.29 is 26.8 Å². The molecule has 0 aromatic heterocycles. The van der Waals surface area contributed by atoms with Crippen molar-refractivity contribution in [1.29, 1.82) is 0 Å². The van der Waals surface area contributed by atoms with Crippen molar-refractivity contribution in [2.75, 3.05) is 19.6 Å². The second kappa shape index (κ2) is 7.47. The van der Waals surface area contributed by atoms with Crippen molar-refractivity contribution >= 4 is 28.2 Å². The highest BCUT2D eigenvalue weighted by Crippen LogP contribution is 2.30. The molecule has 3 aliphatic heterocycles. The number of urea groups is 1. The van der Waals surface area contributed by atoms with Crippen LogP contribution in [0.5, 0.6) is 0 Å². The number of carbonyl (C=O) groups is 2. The van der Waals surface area contributed by atoms with E-state index in [1.165, 1.54) is 4.90 Å². The van der Waals surface area contributed by atoms with Gasteiger partial charge in [-0.3, -0.25) is 9.35 Å². The molecule has 3 aliphatic rings. The lowest BCUT2D eigenvalue weighted by molar-refractivity contribution is -0.118. The zero-order valence-electron chi connectivity index (χ0n) is 14.2. The Morgan fingerprint density at radius 3 is 2.81 bits per heavy atom. The van der Waals surface area contributed by atoms with Crippen molar-refractivity contribution in [3.05, 3.63) is 0 Å². The Bertz CT molecular complexity index is 705. The average Bonchev–Trinajstić information content (AvgIpc) is 2.79. The van der Waals surface area contributed by atoms with Crippen LogP contribution in [0.1, 0.15) is 32.1 Å². The van der Waals surface area contributed by atoms with E-state index in [2.05, 4.69) is 14.6 Å². The van der Waals surface area contributed by atoms with Gasteiger partial charge in [-0.25, -0.2) is 4.79 Å². The summed E-state index contributed by atoms with van der Waals surface area (Å²) in [7, 11) is -4.80. The van der Waals surface area contributed by atoms with Crippen molar-refractivity contribution in [1.82, 2.24) is 15.3 Å². The highest BCUT2D eigenvalue weighted by Gasteiger charge is 2.48. The summed E-state index contributed by atoms with van der Waals surface area (Å²) >= 11 is 0. The molecular weight excluding hydrogens is 366 g/mol. The van der Waals surface area contributed by atoms with Crippen LogP contribution in [-0.2, 0) is 19.5 Å². The average molecular weight is 389 g/mol. The number of aliphatic imine (C=N–C) groups is 1. The van der Waals surface area contributed by atoms with E-state index in [1.54, 1.807) is 0 Å². The first-order chi connectivity index (χ1) is 12.2. The standard InChI is InChI=1S/C14H23N5O6S/c15-13(17-12(20)6-9-2-1-5-16-7-9)11-4-3-10-8-18(11)14(21)19(10)25-26(22,23)24/h9-11,16H,1-8H2,(H2,15,17,20)(H,22,23,24). The normalized spacial score (nSPS) is 30.0. The van der Waals surface area contributed by atoms with Gasteiger partial charge < -0.3 is 16.0 Å². The largest absolute Gasteiger partial charge is 0.418 e. The maximum Gasteiger partial charge on any atom is 0.418 e. The van der Waals surface area contributed by atoms with E-state index in [1.807, 2.05) is 0 Å². The molecule has 3 rings (SSSR count). The molecule has 4 N–H and O–H groups in total. The van der Waals surface area contributed by atoms with Crippen LogP contribution in [0.3, 0.4) is 0 Å². The number of rotatable bonds is 5. The number of nitrogens with zero attached hydrogens (tertiary/aromatic N) is 3. The minimum Gasteiger partial charge on any atom is -0.385 e. The summed E-state index contributed by atoms with van der Waals surface area (Å²) in [6.07, 6.45) is 3.13. The van der Waals surface area contributed by atoms with Crippen LogP contribution in [0.4, 0.5) is 4.79 Å². The van der Waals surface area contributed by atoms with E-state index in [9.17, 15) is 18.0 Å². The Kier molecular flexibility index (Phi) is 5.46. The lowest BCUT2D eigenvalue weighted by atomic mass is 9.96. The van der Waals surface area contributed by atoms with Gasteiger partial charge in [-0.05, 0) is 44.7 Å². The van der Waals surface area contributed by atoms with Crippen LogP contribution in [-0.4, -0.2) is 72.4 Å². The van der Waals surface area contributed by atoms with Gasteiger partial charge >= 0.3 is 16.4 Å². The van der Waals surface area contributed by atoms with Gasteiger partial charge in [0, 0.05) is 13.0 Å². The van der Waals surface area contributed by atoms with Gasteiger partial charge in [0.2, 0.25) is 5.91 Å². The van der Waals surface area contributed by atoms with Gasteiger partial charge in [-0.15, -0.1) is 4.28 Å². The molecule has 3 unspecified atom stereocenters. The van der Waals surface area contributed by atoms with E-state index < -0.39 is 28.5 Å². The molecule has 26 heavy (non-hydrogen) atoms. The first-order valence-corrected chi connectivity index (χ1v) is 9.95. The van der Waals surface area contributed by atoms with Crippen LogP contribution in [0.15, 0.2) is 4.99 Å². The summed E-state index contributed by atoms with van der Waals surface area (Å²) < 4.78 is 34.9. The number of amidine groups is 1. The lowest BCUT2D eigenvalue weighted by Crippen LogP contribution is -2.48. The summed E-state index contributed by atoms with van der Waals surface area (Å²) in [5.74, 6) is -0.0501. The third-order valence-corrected chi connectivity index (χ3v) is 5.30. The van der Waals surface area contributed by atoms with E-state index >= 15 is 0 Å². The predicted octanol–water partition coefficient (Wildman–Crippen LogP) is -0.737. The molecule has 0 aromatic rings. The number of amides is 3. The number of fused-ring (bicyclic) bond motifs is 2. The van der Waals surface area contributed by atoms with Gasteiger partial charge in [-0.1, -0.05) is 0 Å². The SMILES string of the molecule is NC(=NC(=O)CC1CCCNC1)C1CCC2CN1C(=O)N2OS(=O)(=O)O. The van der Waals surface area contributed by atoms with Crippen molar-refractivity contribution in [2.24, 2.45) is 16.6 Å². The van der Waals surface area contributed by atoms with Gasteiger partial charge in [-0.2, -0.15) is 18.5 Å². The topological polar surface area (TPSA) is 155 Å². The Morgan fingerprint density at radius 2 is 2.15 bits per heavy atom. The Morgan fingerprint density at radius 1 is 1.38 bits per heavy atom. The Labute approximate surface area is 151 Å². The van der Waals surface area contributed by atoms with Crippen molar-refractivity contribution in [2.45, 2.75) is 44.2 Å². The molecule has 2 bridgehead atoms. The van der Waals surface area contributed by atoms with Gasteiger partial charge in [0.05, 0.1) is 12.1 Å². The van der Waals surface area contributed by atoms with E-state index in [0.29, 0.717) is 24.3 Å². The fourth-order valence-corrected chi connectivity index (χ4v) is 4.14. The molecular formula is C14H23N5O6S. The minimum atomic E-state index is -4.80. The first-order valence-electron chi connectivity index (χ1n) is 8.59. The summed E-state index contributed by atoms with van der Waals surface area (Å²) in [5, 5.41) is 3.87. The molecule has 3 fully saturated rings. The summed E-state index contributed by atoms with van der Waals surface area (Å²) in [6, 6.07) is -1.82. The van der Waals surface area contributed by atoms with Crippen LogP contribution in [0.25, 0.3) is 0 Å². The van der Waals surface area contributed by atoms with Crippen LogP contribution < -0.4 is 11.1 Å². The van der Waals surface area contributed by atoms with Crippen LogP contribution in [0.2, 0.25) is 0 Å². The molecule has 3 amide bonds. The summed E-state index contributed by atoms with van der Waals surface area (Å²) in [5.41, 5.74) is 5.97. The number of hydroxylamine groups is 2. The smallest absolute Gasteiger partial charge is 0.385 e. The minimum absolute atomic E-state index is 0.0410. The molecule has 12 heteroatoms. The Balaban J connectivity index is 1.64. The van der Waals surface area contributed by atoms with Gasteiger partial charge in [0.1, 0.15) is 5.84 Å². The van der Waals surface area contributed by atoms with Crippen LogP contribution >= 0.6 is 0 Å². The van der Waals surface area contributed by atoms with Crippen molar-refractivity contribution in [3.8, 4) is 0 Å². The molecule has 0 radical (unpaired) electrons. The van der Waals surface area contributed by atoms with E-state index in [4.69, 9.17) is 10.3 Å². The molecule has 146 valence electrons. The third kappa shape index (κ3) is 4.31. The Hall–Kier alpha value is -1.76. The quantitative estimate of drug-likeness (QED) is 0.316. The summed E-state index contributed by atoms with van der Waals surface area (Å²) in [4.78, 5) is 29.8. The number of piperidine rings is 2. The van der Waals surface area contributed by atoms with Gasteiger partial charge in [0.15, 0.2) is 0 Å². The second-order valence-electron chi connectivity index (χ2n) is 6.86. The van der Waals surface area contributed by atoms with Gasteiger partial charge in [0.25, 0.3) is 0 Å². The van der Waals surface area contributed by atoms with Crippen molar-refractivity contribution in [3.63, 3.8) is 0 Å². The molecule has 0 spiro atoms. The fourth-order valence-electron chi connectivity index (χ4n) is 3.75. The molecule has 3 atom stereocenters. The predicted molar refractivity (Wildman–Crippen MR) is 90.2 cm³/mol. The number of hydrogen-bond donors (Lipinski definition) is 3. The monoisotopic (exact) mass is 389 g/mol. The highest BCUT2D eigenvalue weighted by molar-refractivity contribution is 7.80. The number of nitrogens with one attached hydrogen (secondary N) is 1. The molecule has 0 aromatic carbocycles. The fraction of sp³-hybridized carbons (Fsp3) is 0.786. The zero-order valence-corrected chi connectivity index (χ0v) is 15.0.